The summed E-state index contributed by atoms with van der Waals surface area (Å²) in [5.74, 6) is 0. The molecular formula is C13H16F3NO3S. The van der Waals surface area contributed by atoms with Crippen LogP contribution in [-0.4, -0.2) is 32.7 Å². The number of sulfone groups is 1. The van der Waals surface area contributed by atoms with E-state index >= 15 is 0 Å². The summed E-state index contributed by atoms with van der Waals surface area (Å²) in [4.78, 5) is -0.759. The van der Waals surface area contributed by atoms with Crippen LogP contribution in [0.15, 0.2) is 29.2 Å². The van der Waals surface area contributed by atoms with E-state index in [1.165, 1.54) is 12.1 Å². The highest BCUT2D eigenvalue weighted by atomic mass is 32.2. The van der Waals surface area contributed by atoms with E-state index in [-0.39, 0.29) is 12.1 Å². The van der Waals surface area contributed by atoms with E-state index in [9.17, 15) is 21.6 Å². The van der Waals surface area contributed by atoms with Crippen molar-refractivity contribution in [2.75, 3.05) is 11.9 Å². The predicted octanol–water partition coefficient (Wildman–Crippen LogP) is 2.96. The zero-order valence-electron chi connectivity index (χ0n) is 11.4. The number of nitrogens with one attached hydrogen (secondary N) is 1. The molecule has 1 fully saturated rings. The van der Waals surface area contributed by atoms with E-state index in [1.54, 1.807) is 0 Å². The van der Waals surface area contributed by atoms with Crippen molar-refractivity contribution in [1.82, 2.24) is 0 Å². The Hall–Kier alpha value is -1.28. The molecule has 0 radical (unpaired) electrons. The van der Waals surface area contributed by atoms with Crippen molar-refractivity contribution in [3.8, 4) is 0 Å². The molecule has 1 N–H and O–H groups in total. The SMILES string of the molecule is CC(Nc1ccc(S(=O)(=O)C(F)(F)F)cc1)C1CCCO1. The minimum Gasteiger partial charge on any atom is -0.380 e. The van der Waals surface area contributed by atoms with Crippen molar-refractivity contribution in [1.29, 1.82) is 0 Å². The zero-order chi connectivity index (χ0) is 15.7. The number of hydrogen-bond donors (Lipinski definition) is 1. The average Bonchev–Trinajstić information content (AvgIpc) is 2.92. The van der Waals surface area contributed by atoms with Crippen molar-refractivity contribution < 1.29 is 26.3 Å². The Morgan fingerprint density at radius 2 is 1.90 bits per heavy atom. The molecule has 0 aliphatic carbocycles. The van der Waals surface area contributed by atoms with Crippen molar-refractivity contribution in [2.45, 2.75) is 42.3 Å². The molecule has 8 heteroatoms. The molecule has 0 amide bonds. The van der Waals surface area contributed by atoms with E-state index in [0.29, 0.717) is 12.3 Å². The summed E-state index contributed by atoms with van der Waals surface area (Å²) >= 11 is 0. The standard InChI is InChI=1S/C13H16F3NO3S/c1-9(12-3-2-8-20-12)17-10-4-6-11(7-5-10)21(18,19)13(14,15)16/h4-7,9,12,17H,2-3,8H2,1H3. The van der Waals surface area contributed by atoms with Crippen LogP contribution < -0.4 is 5.32 Å². The zero-order valence-corrected chi connectivity index (χ0v) is 12.2. The molecular weight excluding hydrogens is 307 g/mol. The highest BCUT2D eigenvalue weighted by molar-refractivity contribution is 7.92. The Morgan fingerprint density at radius 1 is 1.29 bits per heavy atom. The number of ether oxygens (including phenoxy) is 1. The Bertz CT molecular complexity index is 578. The summed E-state index contributed by atoms with van der Waals surface area (Å²) in [6.07, 6.45) is 1.97. The van der Waals surface area contributed by atoms with Gasteiger partial charge in [-0.25, -0.2) is 8.42 Å². The largest absolute Gasteiger partial charge is 0.501 e. The highest BCUT2D eigenvalue weighted by Gasteiger charge is 2.46. The molecule has 1 aromatic rings. The number of anilines is 1. The van der Waals surface area contributed by atoms with Crippen LogP contribution in [0.1, 0.15) is 19.8 Å². The third kappa shape index (κ3) is 3.49. The first-order chi connectivity index (χ1) is 9.72. The fourth-order valence-corrected chi connectivity index (χ4v) is 2.98. The number of alkyl halides is 3. The first-order valence-corrected chi connectivity index (χ1v) is 8.00. The second-order valence-corrected chi connectivity index (χ2v) is 6.90. The first-order valence-electron chi connectivity index (χ1n) is 6.51. The molecule has 2 rings (SSSR count). The monoisotopic (exact) mass is 323 g/mol. The molecule has 118 valence electrons. The number of benzene rings is 1. The van der Waals surface area contributed by atoms with Gasteiger partial charge in [0, 0.05) is 18.3 Å². The lowest BCUT2D eigenvalue weighted by Gasteiger charge is -2.21. The third-order valence-electron chi connectivity index (χ3n) is 3.39. The maximum Gasteiger partial charge on any atom is 0.501 e. The molecule has 2 unspecified atom stereocenters. The minimum absolute atomic E-state index is 0.00225. The Kier molecular flexibility index (Phi) is 4.48. The van der Waals surface area contributed by atoms with Crippen LogP contribution in [0, 0.1) is 0 Å². The molecule has 0 bridgehead atoms. The molecule has 2 atom stereocenters. The molecule has 1 heterocycles. The van der Waals surface area contributed by atoms with Gasteiger partial charge < -0.3 is 10.1 Å². The summed E-state index contributed by atoms with van der Waals surface area (Å²) in [5.41, 5.74) is -4.73. The molecule has 1 aliphatic heterocycles. The molecule has 21 heavy (non-hydrogen) atoms. The summed E-state index contributed by atoms with van der Waals surface area (Å²) in [5, 5.41) is 3.10. The van der Waals surface area contributed by atoms with Gasteiger partial charge in [-0.15, -0.1) is 0 Å². The quantitative estimate of drug-likeness (QED) is 0.925. The summed E-state index contributed by atoms with van der Waals surface area (Å²) in [6, 6.07) is 4.55. The number of halogens is 3. The second-order valence-electron chi connectivity index (χ2n) is 4.96. The molecule has 0 saturated carbocycles. The lowest BCUT2D eigenvalue weighted by atomic mass is 10.1. The van der Waals surface area contributed by atoms with Crippen molar-refractivity contribution >= 4 is 15.5 Å². The van der Waals surface area contributed by atoms with E-state index < -0.39 is 20.2 Å². The number of rotatable bonds is 4. The first kappa shape index (κ1) is 16.1. The second kappa shape index (κ2) is 5.84. The van der Waals surface area contributed by atoms with E-state index in [2.05, 4.69) is 5.32 Å². The summed E-state index contributed by atoms with van der Waals surface area (Å²) in [6.45, 7) is 2.62. The Balaban J connectivity index is 2.09. The van der Waals surface area contributed by atoms with Gasteiger partial charge in [-0.2, -0.15) is 13.2 Å². The van der Waals surface area contributed by atoms with Crippen LogP contribution in [0.3, 0.4) is 0 Å². The van der Waals surface area contributed by atoms with Gasteiger partial charge in [0.15, 0.2) is 0 Å². The van der Waals surface area contributed by atoms with Crippen LogP contribution in [0.5, 0.6) is 0 Å². The lowest BCUT2D eigenvalue weighted by molar-refractivity contribution is -0.0436. The molecule has 0 aromatic heterocycles. The van der Waals surface area contributed by atoms with Gasteiger partial charge in [-0.05, 0) is 44.0 Å². The van der Waals surface area contributed by atoms with Crippen LogP contribution in [0.25, 0.3) is 0 Å². The van der Waals surface area contributed by atoms with Gasteiger partial charge in [0.2, 0.25) is 0 Å². The average molecular weight is 323 g/mol. The minimum atomic E-state index is -5.29. The Morgan fingerprint density at radius 3 is 2.38 bits per heavy atom. The van der Waals surface area contributed by atoms with Gasteiger partial charge in [-0.3, -0.25) is 0 Å². The molecule has 1 saturated heterocycles. The summed E-state index contributed by atoms with van der Waals surface area (Å²) < 4.78 is 65.2. The number of hydrogen-bond acceptors (Lipinski definition) is 4. The van der Waals surface area contributed by atoms with E-state index in [4.69, 9.17) is 4.74 Å². The topological polar surface area (TPSA) is 55.4 Å². The van der Waals surface area contributed by atoms with E-state index in [1.807, 2.05) is 6.92 Å². The van der Waals surface area contributed by atoms with Gasteiger partial charge >= 0.3 is 5.51 Å². The smallest absolute Gasteiger partial charge is 0.380 e. The molecule has 1 aliphatic rings. The van der Waals surface area contributed by atoms with Gasteiger partial charge in [0.25, 0.3) is 9.84 Å². The van der Waals surface area contributed by atoms with Crippen molar-refractivity contribution in [3.05, 3.63) is 24.3 Å². The summed E-state index contributed by atoms with van der Waals surface area (Å²) in [7, 11) is -5.29. The van der Waals surface area contributed by atoms with Crippen molar-refractivity contribution in [2.24, 2.45) is 0 Å². The van der Waals surface area contributed by atoms with Crippen LogP contribution in [0.4, 0.5) is 18.9 Å². The van der Waals surface area contributed by atoms with Crippen LogP contribution in [0.2, 0.25) is 0 Å². The van der Waals surface area contributed by atoms with Gasteiger partial charge in [0.1, 0.15) is 0 Å². The highest BCUT2D eigenvalue weighted by Crippen LogP contribution is 2.30. The van der Waals surface area contributed by atoms with E-state index in [0.717, 1.165) is 25.0 Å². The molecule has 4 nitrogen and oxygen atoms in total. The maximum atomic E-state index is 12.4. The van der Waals surface area contributed by atoms with Crippen molar-refractivity contribution in [3.63, 3.8) is 0 Å². The van der Waals surface area contributed by atoms with Gasteiger partial charge in [0.05, 0.1) is 11.0 Å². The maximum absolute atomic E-state index is 12.4. The molecule has 0 spiro atoms. The third-order valence-corrected chi connectivity index (χ3v) is 4.89. The van der Waals surface area contributed by atoms with Crippen LogP contribution >= 0.6 is 0 Å². The molecule has 1 aromatic carbocycles. The Labute approximate surface area is 121 Å². The van der Waals surface area contributed by atoms with Crippen LogP contribution in [-0.2, 0) is 14.6 Å². The van der Waals surface area contributed by atoms with Gasteiger partial charge in [-0.1, -0.05) is 0 Å². The normalized spacial score (nSPS) is 21.2. The fourth-order valence-electron chi connectivity index (χ4n) is 2.22. The lowest BCUT2D eigenvalue weighted by Crippen LogP contribution is -2.30. The predicted molar refractivity (Wildman–Crippen MR) is 71.7 cm³/mol. The fraction of sp³-hybridized carbons (Fsp3) is 0.538.